The number of benzene rings is 2. The van der Waals surface area contributed by atoms with Gasteiger partial charge in [0.25, 0.3) is 0 Å². The lowest BCUT2D eigenvalue weighted by Crippen LogP contribution is -2.14. The van der Waals surface area contributed by atoms with E-state index < -0.39 is 0 Å². The minimum atomic E-state index is -0.154. The monoisotopic (exact) mass is 435 g/mol. The molecule has 1 aliphatic rings. The first-order valence-corrected chi connectivity index (χ1v) is 10.4. The summed E-state index contributed by atoms with van der Waals surface area (Å²) in [6, 6.07) is 12.8. The van der Waals surface area contributed by atoms with Crippen LogP contribution >= 0.6 is 11.8 Å². The second-order valence-electron chi connectivity index (χ2n) is 6.58. The topological polar surface area (TPSA) is 100 Å². The molecule has 0 fully saturated rings. The van der Waals surface area contributed by atoms with Gasteiger partial charge in [-0.3, -0.25) is 4.79 Å². The number of ether oxygens (including phenoxy) is 3. The number of aromatic nitrogens is 4. The van der Waals surface area contributed by atoms with Crippen molar-refractivity contribution in [1.82, 2.24) is 19.7 Å². The van der Waals surface area contributed by atoms with E-state index in [4.69, 9.17) is 14.2 Å². The molecule has 5 rings (SSSR count). The lowest BCUT2D eigenvalue weighted by molar-refractivity contribution is -0.113. The van der Waals surface area contributed by atoms with Gasteiger partial charge in [-0.25, -0.2) is 14.6 Å². The minimum Gasteiger partial charge on any atom is -0.497 e. The van der Waals surface area contributed by atoms with Crippen LogP contribution in [0.2, 0.25) is 0 Å². The van der Waals surface area contributed by atoms with Crippen molar-refractivity contribution in [3.63, 3.8) is 0 Å². The van der Waals surface area contributed by atoms with Gasteiger partial charge in [-0.2, -0.15) is 5.10 Å². The van der Waals surface area contributed by atoms with E-state index in [-0.39, 0.29) is 18.5 Å². The summed E-state index contributed by atoms with van der Waals surface area (Å²) in [5, 5.41) is 8.77. The molecule has 0 atom stereocenters. The molecule has 3 heterocycles. The summed E-state index contributed by atoms with van der Waals surface area (Å²) in [5.41, 5.74) is 2.17. The molecule has 0 unspecified atom stereocenters. The maximum Gasteiger partial charge on any atom is 0.234 e. The molecule has 9 nitrogen and oxygen atoms in total. The maximum atomic E-state index is 12.4. The molecule has 4 aromatic rings. The van der Waals surface area contributed by atoms with Crippen LogP contribution in [0.1, 0.15) is 0 Å². The minimum absolute atomic E-state index is 0.154. The van der Waals surface area contributed by atoms with Gasteiger partial charge in [-0.05, 0) is 36.4 Å². The second-order valence-corrected chi connectivity index (χ2v) is 7.54. The van der Waals surface area contributed by atoms with Gasteiger partial charge in [0.2, 0.25) is 12.7 Å². The van der Waals surface area contributed by atoms with Crippen LogP contribution in [0.15, 0.2) is 60.0 Å². The van der Waals surface area contributed by atoms with E-state index in [1.165, 1.54) is 18.1 Å². The summed E-state index contributed by atoms with van der Waals surface area (Å²) in [7, 11) is 1.62. The SMILES string of the molecule is COc1ccc(-n2ncc3c(SCC(=O)Nc4ccc5c(c4)OCO5)ncnc32)cc1. The molecule has 0 radical (unpaired) electrons. The third kappa shape index (κ3) is 3.84. The van der Waals surface area contributed by atoms with Crippen molar-refractivity contribution in [3.8, 4) is 22.9 Å². The lowest BCUT2D eigenvalue weighted by atomic mass is 10.3. The summed E-state index contributed by atoms with van der Waals surface area (Å²) in [4.78, 5) is 21.1. The van der Waals surface area contributed by atoms with E-state index in [0.29, 0.717) is 27.9 Å². The molecule has 0 aliphatic carbocycles. The van der Waals surface area contributed by atoms with E-state index in [2.05, 4.69) is 20.4 Å². The first-order chi connectivity index (χ1) is 15.2. The number of rotatable bonds is 6. The number of carbonyl (C=O) groups is 1. The number of nitrogens with zero attached hydrogens (tertiary/aromatic N) is 4. The average molecular weight is 435 g/mol. The Labute approximate surface area is 181 Å². The highest BCUT2D eigenvalue weighted by molar-refractivity contribution is 8.00. The van der Waals surface area contributed by atoms with Gasteiger partial charge in [0, 0.05) is 11.8 Å². The van der Waals surface area contributed by atoms with Crippen molar-refractivity contribution < 1.29 is 19.0 Å². The van der Waals surface area contributed by atoms with Crippen LogP contribution in [0.4, 0.5) is 5.69 Å². The Balaban J connectivity index is 1.30. The number of methoxy groups -OCH3 is 1. The van der Waals surface area contributed by atoms with E-state index in [1.54, 1.807) is 36.2 Å². The molecule has 10 heteroatoms. The number of nitrogens with one attached hydrogen (secondary N) is 1. The first kappa shape index (κ1) is 19.2. The molecule has 0 saturated heterocycles. The van der Waals surface area contributed by atoms with Crippen LogP contribution in [-0.4, -0.2) is 45.3 Å². The molecule has 1 N–H and O–H groups in total. The van der Waals surface area contributed by atoms with E-state index in [9.17, 15) is 4.79 Å². The van der Waals surface area contributed by atoms with Crippen LogP contribution < -0.4 is 19.5 Å². The predicted molar refractivity (Wildman–Crippen MR) is 115 cm³/mol. The van der Waals surface area contributed by atoms with Gasteiger partial charge >= 0.3 is 0 Å². The number of fused-ring (bicyclic) bond motifs is 2. The molecule has 2 aromatic carbocycles. The Morgan fingerprint density at radius 1 is 1.16 bits per heavy atom. The standard InChI is InChI=1S/C21H17N5O4S/c1-28-15-5-3-14(4-6-15)26-20-16(9-24-26)21(23-11-22-20)31-10-19(27)25-13-2-7-17-18(8-13)30-12-29-17/h2-9,11H,10,12H2,1H3,(H,25,27). The molecule has 1 aliphatic heterocycles. The van der Waals surface area contributed by atoms with Crippen LogP contribution in [-0.2, 0) is 4.79 Å². The number of anilines is 1. The van der Waals surface area contributed by atoms with Gasteiger partial charge in [0.05, 0.1) is 30.1 Å². The van der Waals surface area contributed by atoms with Gasteiger partial charge in [0.15, 0.2) is 17.1 Å². The zero-order chi connectivity index (χ0) is 21.2. The van der Waals surface area contributed by atoms with Crippen LogP contribution in [0, 0.1) is 0 Å². The quantitative estimate of drug-likeness (QED) is 0.364. The molecule has 0 bridgehead atoms. The third-order valence-electron chi connectivity index (χ3n) is 4.64. The van der Waals surface area contributed by atoms with Gasteiger partial charge in [0.1, 0.15) is 17.1 Å². The van der Waals surface area contributed by atoms with E-state index >= 15 is 0 Å². The summed E-state index contributed by atoms with van der Waals surface area (Å²) >= 11 is 1.32. The largest absolute Gasteiger partial charge is 0.497 e. The first-order valence-electron chi connectivity index (χ1n) is 9.37. The van der Waals surface area contributed by atoms with Crippen molar-refractivity contribution in [3.05, 3.63) is 55.0 Å². The summed E-state index contributed by atoms with van der Waals surface area (Å²) < 4.78 is 17.6. The van der Waals surface area contributed by atoms with E-state index in [1.807, 2.05) is 24.3 Å². The molecular weight excluding hydrogens is 418 g/mol. The molecular formula is C21H17N5O4S. The zero-order valence-corrected chi connectivity index (χ0v) is 17.3. The zero-order valence-electron chi connectivity index (χ0n) is 16.4. The Bertz CT molecular complexity index is 1260. The number of amides is 1. The number of hydrogen-bond donors (Lipinski definition) is 1. The smallest absolute Gasteiger partial charge is 0.234 e. The molecule has 2 aromatic heterocycles. The molecule has 1 amide bonds. The van der Waals surface area contributed by atoms with Gasteiger partial charge < -0.3 is 19.5 Å². The number of carbonyl (C=O) groups excluding carboxylic acids is 1. The van der Waals surface area contributed by atoms with Crippen molar-refractivity contribution in [2.45, 2.75) is 5.03 Å². The Morgan fingerprint density at radius 2 is 2.00 bits per heavy atom. The van der Waals surface area contributed by atoms with Crippen LogP contribution in [0.25, 0.3) is 16.7 Å². The highest BCUT2D eigenvalue weighted by Crippen LogP contribution is 2.34. The van der Waals surface area contributed by atoms with Crippen molar-refractivity contribution in [2.24, 2.45) is 0 Å². The summed E-state index contributed by atoms with van der Waals surface area (Å²) in [6.07, 6.45) is 3.18. The van der Waals surface area contributed by atoms with Gasteiger partial charge in [-0.15, -0.1) is 0 Å². The Kier molecular flexibility index (Phi) is 5.04. The maximum absolute atomic E-state index is 12.4. The average Bonchev–Trinajstić information content (AvgIpc) is 3.44. The van der Waals surface area contributed by atoms with Crippen LogP contribution in [0.3, 0.4) is 0 Å². The lowest BCUT2D eigenvalue weighted by Gasteiger charge is -2.07. The number of thioether (sulfide) groups is 1. The molecule has 156 valence electrons. The second kappa shape index (κ2) is 8.15. The highest BCUT2D eigenvalue weighted by atomic mass is 32.2. The fourth-order valence-electron chi connectivity index (χ4n) is 3.16. The van der Waals surface area contributed by atoms with Crippen molar-refractivity contribution in [2.75, 3.05) is 25.0 Å². The predicted octanol–water partition coefficient (Wildman–Crippen LogP) is 3.28. The third-order valence-corrected chi connectivity index (χ3v) is 5.65. The molecule has 31 heavy (non-hydrogen) atoms. The van der Waals surface area contributed by atoms with Crippen molar-refractivity contribution >= 4 is 34.4 Å². The summed E-state index contributed by atoms with van der Waals surface area (Å²) in [6.45, 7) is 0.191. The van der Waals surface area contributed by atoms with Crippen molar-refractivity contribution in [1.29, 1.82) is 0 Å². The van der Waals surface area contributed by atoms with E-state index in [0.717, 1.165) is 16.8 Å². The molecule has 0 spiro atoms. The normalized spacial score (nSPS) is 12.2. The van der Waals surface area contributed by atoms with Crippen LogP contribution in [0.5, 0.6) is 17.2 Å². The Morgan fingerprint density at radius 3 is 2.84 bits per heavy atom. The Hall–Kier alpha value is -3.79. The highest BCUT2D eigenvalue weighted by Gasteiger charge is 2.16. The fraction of sp³-hybridized carbons (Fsp3) is 0.143. The number of hydrogen-bond acceptors (Lipinski definition) is 8. The fourth-order valence-corrected chi connectivity index (χ4v) is 3.92. The van der Waals surface area contributed by atoms with Gasteiger partial charge in [-0.1, -0.05) is 11.8 Å². The summed E-state index contributed by atoms with van der Waals surface area (Å²) in [5.74, 6) is 2.09. The molecule has 0 saturated carbocycles.